The number of halogens is 1. The van der Waals surface area contributed by atoms with Crippen molar-refractivity contribution in [3.05, 3.63) is 28.8 Å². The molecule has 0 aliphatic carbocycles. The van der Waals surface area contributed by atoms with Gasteiger partial charge in [-0.1, -0.05) is 37.4 Å². The second-order valence-corrected chi connectivity index (χ2v) is 5.42. The van der Waals surface area contributed by atoms with Gasteiger partial charge in [-0.15, -0.1) is 6.42 Å². The molecular weight excluding hydrogens is 288 g/mol. The number of hydrogen-bond donors (Lipinski definition) is 2. The van der Waals surface area contributed by atoms with Crippen LogP contribution in [0.1, 0.15) is 19.4 Å². The molecule has 0 aliphatic rings. The fraction of sp³-hybridized carbons (Fsp3) is 0.438. The minimum absolute atomic E-state index is 0.0841. The Bertz CT molecular complexity index is 509. The van der Waals surface area contributed by atoms with E-state index in [9.17, 15) is 4.79 Å². The van der Waals surface area contributed by atoms with Crippen molar-refractivity contribution in [3.8, 4) is 18.1 Å². The van der Waals surface area contributed by atoms with Gasteiger partial charge in [-0.2, -0.15) is 0 Å². The van der Waals surface area contributed by atoms with Crippen molar-refractivity contribution in [2.75, 3.05) is 19.7 Å². The van der Waals surface area contributed by atoms with E-state index >= 15 is 0 Å². The third-order valence-electron chi connectivity index (χ3n) is 2.68. The topological polar surface area (TPSA) is 50.4 Å². The number of carbonyl (C=O) groups excluding carboxylic acids is 1. The Morgan fingerprint density at radius 3 is 2.90 bits per heavy atom. The zero-order chi connectivity index (χ0) is 15.7. The first-order valence-electron chi connectivity index (χ1n) is 6.85. The lowest BCUT2D eigenvalue weighted by molar-refractivity contribution is -0.122. The first kappa shape index (κ1) is 17.4. The molecule has 1 aromatic carbocycles. The number of benzene rings is 1. The monoisotopic (exact) mass is 308 g/mol. The van der Waals surface area contributed by atoms with Gasteiger partial charge in [-0.25, -0.2) is 0 Å². The second kappa shape index (κ2) is 9.28. The largest absolute Gasteiger partial charge is 0.483 e. The summed E-state index contributed by atoms with van der Waals surface area (Å²) in [6, 6.07) is 5.40. The first-order chi connectivity index (χ1) is 10.0. The van der Waals surface area contributed by atoms with Crippen LogP contribution in [0.5, 0.6) is 5.75 Å². The van der Waals surface area contributed by atoms with E-state index in [0.717, 1.165) is 12.1 Å². The van der Waals surface area contributed by atoms with Gasteiger partial charge in [0.1, 0.15) is 5.75 Å². The summed E-state index contributed by atoms with van der Waals surface area (Å²) in [4.78, 5) is 11.5. The van der Waals surface area contributed by atoms with Crippen molar-refractivity contribution in [2.24, 2.45) is 5.92 Å². The minimum Gasteiger partial charge on any atom is -0.483 e. The number of hydrogen-bond acceptors (Lipinski definition) is 3. The predicted octanol–water partition coefficient (Wildman–Crippen LogP) is 2.21. The molecule has 0 spiro atoms. The molecule has 0 atom stereocenters. The van der Waals surface area contributed by atoms with E-state index in [2.05, 4.69) is 30.4 Å². The van der Waals surface area contributed by atoms with E-state index in [-0.39, 0.29) is 19.1 Å². The highest BCUT2D eigenvalue weighted by Crippen LogP contribution is 2.26. The van der Waals surface area contributed by atoms with Crippen molar-refractivity contribution in [1.82, 2.24) is 10.6 Å². The molecule has 0 aromatic heterocycles. The van der Waals surface area contributed by atoms with Gasteiger partial charge in [0.25, 0.3) is 5.91 Å². The van der Waals surface area contributed by atoms with Crippen LogP contribution in [0.4, 0.5) is 0 Å². The van der Waals surface area contributed by atoms with Gasteiger partial charge in [0, 0.05) is 17.1 Å². The smallest absolute Gasteiger partial charge is 0.258 e. The summed E-state index contributed by atoms with van der Waals surface area (Å²) in [5, 5.41) is 6.48. The molecule has 5 heteroatoms. The van der Waals surface area contributed by atoms with Crippen LogP contribution in [-0.2, 0) is 11.3 Å². The lowest BCUT2D eigenvalue weighted by Crippen LogP contribution is -2.29. The van der Waals surface area contributed by atoms with Gasteiger partial charge in [0.15, 0.2) is 6.61 Å². The minimum atomic E-state index is -0.256. The fourth-order valence-electron chi connectivity index (χ4n) is 1.68. The number of terminal acetylenes is 1. The molecule has 21 heavy (non-hydrogen) atoms. The Kier molecular flexibility index (Phi) is 7.66. The summed E-state index contributed by atoms with van der Waals surface area (Å²) in [6.07, 6.45) is 5.08. The van der Waals surface area contributed by atoms with Gasteiger partial charge in [-0.3, -0.25) is 4.79 Å². The van der Waals surface area contributed by atoms with Crippen LogP contribution < -0.4 is 15.4 Å². The van der Waals surface area contributed by atoms with E-state index in [1.165, 1.54) is 0 Å². The molecule has 0 unspecified atom stereocenters. The van der Waals surface area contributed by atoms with Crippen molar-refractivity contribution < 1.29 is 9.53 Å². The highest BCUT2D eigenvalue weighted by Gasteiger charge is 2.10. The molecule has 0 radical (unpaired) electrons. The first-order valence-corrected chi connectivity index (χ1v) is 7.23. The molecule has 0 aliphatic heterocycles. The zero-order valence-electron chi connectivity index (χ0n) is 12.4. The van der Waals surface area contributed by atoms with Crippen molar-refractivity contribution in [1.29, 1.82) is 0 Å². The normalized spacial score (nSPS) is 10.2. The highest BCUT2D eigenvalue weighted by molar-refractivity contribution is 6.31. The van der Waals surface area contributed by atoms with Crippen LogP contribution in [-0.4, -0.2) is 25.6 Å². The molecule has 1 rings (SSSR count). The molecule has 0 bridgehead atoms. The maximum absolute atomic E-state index is 11.5. The van der Waals surface area contributed by atoms with Gasteiger partial charge in [0.05, 0.1) is 6.54 Å². The van der Waals surface area contributed by atoms with Crippen LogP contribution in [0.2, 0.25) is 5.02 Å². The van der Waals surface area contributed by atoms with Gasteiger partial charge in [-0.05, 0) is 24.6 Å². The molecule has 114 valence electrons. The van der Waals surface area contributed by atoms with E-state index in [1.807, 2.05) is 0 Å². The molecule has 1 amide bonds. The molecular formula is C16H21ClN2O2. The SMILES string of the molecule is C#CCNC(=O)COc1cccc(Cl)c1CNCC(C)C. The number of nitrogens with one attached hydrogen (secondary N) is 2. The third-order valence-corrected chi connectivity index (χ3v) is 3.03. The van der Waals surface area contributed by atoms with E-state index in [1.54, 1.807) is 18.2 Å². The molecule has 1 aromatic rings. The Balaban J connectivity index is 2.62. The standard InChI is InChI=1S/C16H21ClN2O2/c1-4-8-19-16(20)11-21-15-7-5-6-14(17)13(15)10-18-9-12(2)3/h1,5-7,12,18H,8-11H2,2-3H3,(H,19,20). The van der Waals surface area contributed by atoms with Crippen LogP contribution >= 0.6 is 11.6 Å². The van der Waals surface area contributed by atoms with Crippen molar-refractivity contribution in [2.45, 2.75) is 20.4 Å². The zero-order valence-corrected chi connectivity index (χ0v) is 13.2. The van der Waals surface area contributed by atoms with E-state index in [4.69, 9.17) is 22.8 Å². The van der Waals surface area contributed by atoms with Crippen LogP contribution in [0.3, 0.4) is 0 Å². The third kappa shape index (κ3) is 6.52. The average Bonchev–Trinajstić information content (AvgIpc) is 2.44. The highest BCUT2D eigenvalue weighted by atomic mass is 35.5. The summed E-state index contributed by atoms with van der Waals surface area (Å²) in [5.41, 5.74) is 0.851. The summed E-state index contributed by atoms with van der Waals surface area (Å²) in [6.45, 7) is 5.85. The average molecular weight is 309 g/mol. The predicted molar refractivity (Wildman–Crippen MR) is 85.3 cm³/mol. The van der Waals surface area contributed by atoms with E-state index in [0.29, 0.717) is 23.2 Å². The lowest BCUT2D eigenvalue weighted by atomic mass is 10.1. The Labute approximate surface area is 131 Å². The molecule has 0 heterocycles. The van der Waals surface area contributed by atoms with E-state index < -0.39 is 0 Å². The van der Waals surface area contributed by atoms with Crippen LogP contribution in [0, 0.1) is 18.3 Å². The molecule has 0 saturated carbocycles. The summed E-state index contributed by atoms with van der Waals surface area (Å²) < 4.78 is 5.53. The molecule has 2 N–H and O–H groups in total. The number of rotatable bonds is 8. The van der Waals surface area contributed by atoms with Gasteiger partial charge >= 0.3 is 0 Å². The second-order valence-electron chi connectivity index (χ2n) is 5.01. The van der Waals surface area contributed by atoms with Gasteiger partial charge < -0.3 is 15.4 Å². The van der Waals surface area contributed by atoms with Crippen LogP contribution in [0.25, 0.3) is 0 Å². The van der Waals surface area contributed by atoms with Gasteiger partial charge in [0.2, 0.25) is 0 Å². The number of carbonyl (C=O) groups is 1. The summed E-state index contributed by atoms with van der Waals surface area (Å²) in [5.74, 6) is 3.24. The van der Waals surface area contributed by atoms with Crippen molar-refractivity contribution >= 4 is 17.5 Å². The Morgan fingerprint density at radius 2 is 2.24 bits per heavy atom. The molecule has 4 nitrogen and oxygen atoms in total. The maximum Gasteiger partial charge on any atom is 0.258 e. The van der Waals surface area contributed by atoms with Crippen LogP contribution in [0.15, 0.2) is 18.2 Å². The quantitative estimate of drug-likeness (QED) is 0.724. The summed E-state index contributed by atoms with van der Waals surface area (Å²) in [7, 11) is 0. The number of amides is 1. The summed E-state index contributed by atoms with van der Waals surface area (Å²) >= 11 is 6.20. The fourth-order valence-corrected chi connectivity index (χ4v) is 1.91. The van der Waals surface area contributed by atoms with Crippen molar-refractivity contribution in [3.63, 3.8) is 0 Å². The number of ether oxygens (including phenoxy) is 1. The molecule has 0 saturated heterocycles. The maximum atomic E-state index is 11.5. The Morgan fingerprint density at radius 1 is 1.48 bits per heavy atom. The Hall–Kier alpha value is -1.70. The molecule has 0 fully saturated rings. The lowest BCUT2D eigenvalue weighted by Gasteiger charge is -2.14.